The number of nitrogens with zero attached hydrogens (tertiary/aromatic N) is 2. The third kappa shape index (κ3) is 1.65. The largest absolute Gasteiger partial charge is 0.244 e. The van der Waals surface area contributed by atoms with Gasteiger partial charge >= 0.3 is 0 Å². The lowest BCUT2D eigenvalue weighted by atomic mass is 9.99. The average Bonchev–Trinajstić information content (AvgIpc) is 2.37. The van der Waals surface area contributed by atoms with E-state index in [1.165, 1.54) is 11.1 Å². The molecule has 0 radical (unpaired) electrons. The van der Waals surface area contributed by atoms with E-state index in [2.05, 4.69) is 32.9 Å². The molecule has 0 aliphatic rings. The summed E-state index contributed by atoms with van der Waals surface area (Å²) in [7, 11) is 0. The van der Waals surface area contributed by atoms with Crippen LogP contribution in [0.3, 0.4) is 0 Å². The summed E-state index contributed by atoms with van der Waals surface area (Å²) in [4.78, 5) is 9.56. The maximum atomic E-state index is 4.80. The van der Waals surface area contributed by atoms with Crippen molar-refractivity contribution >= 4 is 22.1 Å². The summed E-state index contributed by atoms with van der Waals surface area (Å²) >= 11 is 0. The van der Waals surface area contributed by atoms with Crippen LogP contribution >= 0.6 is 0 Å². The predicted octanol–water partition coefficient (Wildman–Crippen LogP) is 4.21. The Labute approximate surface area is 107 Å². The second kappa shape index (κ2) is 4.05. The maximum absolute atomic E-state index is 4.80. The number of aryl methyl sites for hydroxylation is 1. The molecule has 1 aromatic heterocycles. The van der Waals surface area contributed by atoms with E-state index < -0.39 is 0 Å². The summed E-state index contributed by atoms with van der Waals surface area (Å²) in [5.41, 5.74) is 6.47. The minimum atomic E-state index is 0.462. The van der Waals surface area contributed by atoms with Crippen molar-refractivity contribution in [2.75, 3.05) is 0 Å². The fourth-order valence-corrected chi connectivity index (χ4v) is 2.31. The van der Waals surface area contributed by atoms with E-state index in [0.717, 1.165) is 22.1 Å². The average molecular weight is 236 g/mol. The molecule has 0 aliphatic heterocycles. The number of hydrogen-bond donors (Lipinski definition) is 0. The first kappa shape index (κ1) is 11.1. The Morgan fingerprint density at radius 2 is 1.44 bits per heavy atom. The third-order valence-corrected chi connectivity index (χ3v) is 3.35. The minimum absolute atomic E-state index is 0.462. The Morgan fingerprint density at radius 1 is 0.833 bits per heavy atom. The number of benzene rings is 2. The summed E-state index contributed by atoms with van der Waals surface area (Å²) in [6.45, 7) is 6.48. The number of fused-ring (bicyclic) bond motifs is 2. The van der Waals surface area contributed by atoms with Crippen molar-refractivity contribution in [3.63, 3.8) is 0 Å². The lowest BCUT2D eigenvalue weighted by Gasteiger charge is -2.11. The molecule has 2 aromatic carbocycles. The highest BCUT2D eigenvalue weighted by molar-refractivity contribution is 5.89. The summed E-state index contributed by atoms with van der Waals surface area (Å²) in [6.07, 6.45) is 0. The van der Waals surface area contributed by atoms with Crippen LogP contribution in [0.25, 0.3) is 22.1 Å². The van der Waals surface area contributed by atoms with Gasteiger partial charge in [-0.1, -0.05) is 38.1 Å². The summed E-state index contributed by atoms with van der Waals surface area (Å²) < 4.78 is 0. The molecule has 0 amide bonds. The van der Waals surface area contributed by atoms with E-state index in [4.69, 9.17) is 9.97 Å². The van der Waals surface area contributed by atoms with Gasteiger partial charge in [0, 0.05) is 0 Å². The lowest BCUT2D eigenvalue weighted by molar-refractivity contribution is 0.872. The first-order chi connectivity index (χ1) is 8.66. The van der Waals surface area contributed by atoms with Crippen LogP contribution in [0.5, 0.6) is 0 Å². The molecule has 0 atom stereocenters. The fraction of sp³-hybridized carbons (Fsp3) is 0.250. The molecular formula is C16H16N2. The number of hydrogen-bond acceptors (Lipinski definition) is 2. The Hall–Kier alpha value is -1.96. The van der Waals surface area contributed by atoms with Crippen LogP contribution in [-0.2, 0) is 0 Å². The molecule has 0 bridgehead atoms. The molecule has 0 spiro atoms. The molecule has 3 aromatic rings. The smallest absolute Gasteiger partial charge is 0.0931 e. The van der Waals surface area contributed by atoms with Crippen LogP contribution in [0.2, 0.25) is 0 Å². The van der Waals surface area contributed by atoms with Gasteiger partial charge in [0.25, 0.3) is 0 Å². The summed E-state index contributed by atoms with van der Waals surface area (Å²) in [5.74, 6) is 0.462. The molecule has 90 valence electrons. The van der Waals surface area contributed by atoms with Crippen molar-refractivity contribution in [1.82, 2.24) is 9.97 Å². The Bertz CT molecular complexity index is 730. The second-order valence-electron chi connectivity index (χ2n) is 5.04. The monoisotopic (exact) mass is 236 g/mol. The first-order valence-electron chi connectivity index (χ1n) is 6.33. The molecule has 0 fully saturated rings. The van der Waals surface area contributed by atoms with Gasteiger partial charge in [-0.15, -0.1) is 0 Å². The molecule has 3 rings (SSSR count). The maximum Gasteiger partial charge on any atom is 0.0931 e. The molecule has 0 saturated heterocycles. The van der Waals surface area contributed by atoms with E-state index in [0.29, 0.717) is 5.92 Å². The fourth-order valence-electron chi connectivity index (χ4n) is 2.31. The summed E-state index contributed by atoms with van der Waals surface area (Å²) in [5, 5.41) is 0. The number of aromatic nitrogens is 2. The topological polar surface area (TPSA) is 25.8 Å². The second-order valence-corrected chi connectivity index (χ2v) is 5.04. The Balaban J connectivity index is 2.48. The zero-order valence-corrected chi connectivity index (χ0v) is 10.9. The van der Waals surface area contributed by atoms with Gasteiger partial charge in [-0.3, -0.25) is 0 Å². The third-order valence-electron chi connectivity index (χ3n) is 3.35. The first-order valence-corrected chi connectivity index (χ1v) is 6.33. The molecule has 0 aliphatic carbocycles. The quantitative estimate of drug-likeness (QED) is 0.591. The van der Waals surface area contributed by atoms with Crippen LogP contribution in [0.1, 0.15) is 30.9 Å². The summed E-state index contributed by atoms with van der Waals surface area (Å²) in [6, 6.07) is 12.4. The van der Waals surface area contributed by atoms with Crippen molar-refractivity contribution in [1.29, 1.82) is 0 Å². The SMILES string of the molecule is Cc1ccc(C(C)C)c2nc3ccccc3nc12. The van der Waals surface area contributed by atoms with Gasteiger partial charge < -0.3 is 0 Å². The van der Waals surface area contributed by atoms with Crippen LogP contribution in [-0.4, -0.2) is 9.97 Å². The van der Waals surface area contributed by atoms with Crippen molar-refractivity contribution in [2.24, 2.45) is 0 Å². The highest BCUT2D eigenvalue weighted by Crippen LogP contribution is 2.26. The molecule has 1 heterocycles. The predicted molar refractivity (Wildman–Crippen MR) is 75.9 cm³/mol. The van der Waals surface area contributed by atoms with Crippen LogP contribution in [0, 0.1) is 6.92 Å². The van der Waals surface area contributed by atoms with Gasteiger partial charge in [-0.2, -0.15) is 0 Å². The van der Waals surface area contributed by atoms with Crippen LogP contribution < -0.4 is 0 Å². The van der Waals surface area contributed by atoms with Crippen molar-refractivity contribution in [3.8, 4) is 0 Å². The standard InChI is InChI=1S/C16H16N2/c1-10(2)12-9-8-11(3)15-16(12)18-14-7-5-4-6-13(14)17-15/h4-10H,1-3H3. The van der Waals surface area contributed by atoms with Gasteiger partial charge in [0.05, 0.1) is 22.1 Å². The van der Waals surface area contributed by atoms with Crippen molar-refractivity contribution < 1.29 is 0 Å². The van der Waals surface area contributed by atoms with E-state index in [1.54, 1.807) is 0 Å². The molecule has 2 nitrogen and oxygen atoms in total. The van der Waals surface area contributed by atoms with E-state index in [9.17, 15) is 0 Å². The van der Waals surface area contributed by atoms with Gasteiger partial charge in [-0.05, 0) is 36.1 Å². The van der Waals surface area contributed by atoms with E-state index >= 15 is 0 Å². The lowest BCUT2D eigenvalue weighted by Crippen LogP contribution is -1.96. The zero-order chi connectivity index (χ0) is 12.7. The van der Waals surface area contributed by atoms with Gasteiger partial charge in [0.15, 0.2) is 0 Å². The van der Waals surface area contributed by atoms with Gasteiger partial charge in [0.1, 0.15) is 0 Å². The normalized spacial score (nSPS) is 11.6. The Morgan fingerprint density at radius 3 is 2.06 bits per heavy atom. The molecule has 0 saturated carbocycles. The van der Waals surface area contributed by atoms with E-state index in [-0.39, 0.29) is 0 Å². The van der Waals surface area contributed by atoms with Gasteiger partial charge in [0.2, 0.25) is 0 Å². The molecule has 18 heavy (non-hydrogen) atoms. The molecular weight excluding hydrogens is 220 g/mol. The van der Waals surface area contributed by atoms with Crippen LogP contribution in [0.4, 0.5) is 0 Å². The number of rotatable bonds is 1. The zero-order valence-electron chi connectivity index (χ0n) is 10.9. The molecule has 2 heteroatoms. The molecule has 0 N–H and O–H groups in total. The minimum Gasteiger partial charge on any atom is -0.244 e. The molecule has 0 unspecified atom stereocenters. The van der Waals surface area contributed by atoms with E-state index in [1.807, 2.05) is 24.3 Å². The van der Waals surface area contributed by atoms with Crippen LogP contribution in [0.15, 0.2) is 36.4 Å². The van der Waals surface area contributed by atoms with Crippen molar-refractivity contribution in [2.45, 2.75) is 26.7 Å². The highest BCUT2D eigenvalue weighted by atomic mass is 14.8. The Kier molecular flexibility index (Phi) is 2.51. The highest BCUT2D eigenvalue weighted by Gasteiger charge is 2.10. The van der Waals surface area contributed by atoms with Crippen molar-refractivity contribution in [3.05, 3.63) is 47.5 Å². The van der Waals surface area contributed by atoms with Gasteiger partial charge in [-0.25, -0.2) is 9.97 Å². The number of para-hydroxylation sites is 2.